The van der Waals surface area contributed by atoms with Crippen LogP contribution in [0.25, 0.3) is 0 Å². The Bertz CT molecular complexity index is 803. The summed E-state index contributed by atoms with van der Waals surface area (Å²) in [6.07, 6.45) is 2.62. The van der Waals surface area contributed by atoms with Gasteiger partial charge in [0, 0.05) is 6.07 Å². The van der Waals surface area contributed by atoms with E-state index in [-0.39, 0.29) is 5.69 Å². The second kappa shape index (κ2) is 8.53. The fourth-order valence-electron chi connectivity index (χ4n) is 1.66. The number of hydrogen-bond acceptors (Lipinski definition) is 7. The van der Waals surface area contributed by atoms with E-state index in [2.05, 4.69) is 47.4 Å². The number of ether oxygens (including phenoxy) is 1. The van der Waals surface area contributed by atoms with Gasteiger partial charge in [0.15, 0.2) is 6.61 Å². The van der Waals surface area contributed by atoms with Crippen LogP contribution in [0.5, 0.6) is 5.75 Å². The molecular weight excluding hydrogens is 464 g/mol. The average Bonchev–Trinajstić information content (AvgIpc) is 2.54. The highest BCUT2D eigenvalue weighted by Gasteiger charge is 2.10. The molecule has 0 aliphatic heterocycles. The molecule has 0 fully saturated rings. The predicted molar refractivity (Wildman–Crippen MR) is 97.1 cm³/mol. The minimum Gasteiger partial charge on any atom is -0.480 e. The molecule has 0 saturated carbocycles. The highest BCUT2D eigenvalue weighted by Crippen LogP contribution is 2.34. The predicted octanol–water partition coefficient (Wildman–Crippen LogP) is 3.42. The summed E-state index contributed by atoms with van der Waals surface area (Å²) < 4.78 is 6.28. The first-order chi connectivity index (χ1) is 11.9. The zero-order chi connectivity index (χ0) is 18.4. The first kappa shape index (κ1) is 18.8. The molecule has 0 unspecified atom stereocenters. The van der Waals surface area contributed by atoms with E-state index in [1.807, 2.05) is 0 Å². The van der Waals surface area contributed by atoms with Crippen molar-refractivity contribution in [3.63, 3.8) is 0 Å². The van der Waals surface area contributed by atoms with Crippen LogP contribution in [0.4, 0.5) is 11.5 Å². The van der Waals surface area contributed by atoms with Crippen molar-refractivity contribution in [2.24, 2.45) is 5.10 Å². The average molecular weight is 474 g/mol. The number of anilines is 1. The number of aromatic nitrogens is 1. The molecule has 11 heteroatoms. The van der Waals surface area contributed by atoms with E-state index in [0.29, 0.717) is 26.1 Å². The van der Waals surface area contributed by atoms with Crippen LogP contribution in [0.15, 0.2) is 44.5 Å². The molecule has 2 aromatic rings. The van der Waals surface area contributed by atoms with Gasteiger partial charge in [0.1, 0.15) is 17.8 Å². The third-order valence-electron chi connectivity index (χ3n) is 2.71. The van der Waals surface area contributed by atoms with E-state index in [4.69, 9.17) is 9.84 Å². The van der Waals surface area contributed by atoms with Crippen LogP contribution in [0, 0.1) is 10.1 Å². The lowest BCUT2D eigenvalue weighted by atomic mass is 10.2. The second-order valence-electron chi connectivity index (χ2n) is 4.52. The van der Waals surface area contributed by atoms with Crippen molar-refractivity contribution in [2.45, 2.75) is 0 Å². The molecule has 2 rings (SSSR count). The van der Waals surface area contributed by atoms with Crippen LogP contribution < -0.4 is 10.2 Å². The van der Waals surface area contributed by atoms with Crippen molar-refractivity contribution < 1.29 is 19.6 Å². The molecule has 1 aromatic heterocycles. The number of hydrogen-bond donors (Lipinski definition) is 2. The van der Waals surface area contributed by atoms with Gasteiger partial charge in [-0.3, -0.25) is 15.5 Å². The molecule has 0 radical (unpaired) electrons. The molecule has 0 aliphatic rings. The van der Waals surface area contributed by atoms with Crippen molar-refractivity contribution in [1.82, 2.24) is 4.98 Å². The van der Waals surface area contributed by atoms with Gasteiger partial charge in [-0.1, -0.05) is 0 Å². The molecule has 0 atom stereocenters. The smallest absolute Gasteiger partial charge is 0.341 e. The molecule has 1 heterocycles. The lowest BCUT2D eigenvalue weighted by Gasteiger charge is -2.09. The number of nitro groups is 1. The number of nitrogens with one attached hydrogen (secondary N) is 1. The van der Waals surface area contributed by atoms with Gasteiger partial charge in [-0.15, -0.1) is 0 Å². The van der Waals surface area contributed by atoms with Crippen molar-refractivity contribution in [3.05, 3.63) is 55.1 Å². The lowest BCUT2D eigenvalue weighted by molar-refractivity contribution is -0.385. The standard InChI is InChI=1S/C14H10Br2N4O5/c15-10-3-8(4-11(16)14(10)25-7-13(21)22)5-18-19-12-2-1-9(6-17-12)20(23)24/h1-6H,7H2,(H,17,19)(H,21,22)/b18-5+. The van der Waals surface area contributed by atoms with Crippen LogP contribution in [-0.2, 0) is 4.79 Å². The van der Waals surface area contributed by atoms with Gasteiger partial charge in [0.2, 0.25) is 0 Å². The summed E-state index contributed by atoms with van der Waals surface area (Å²) in [5.41, 5.74) is 3.23. The summed E-state index contributed by atoms with van der Waals surface area (Å²) in [7, 11) is 0. The summed E-state index contributed by atoms with van der Waals surface area (Å²) in [6, 6.07) is 6.13. The minimum atomic E-state index is -1.08. The monoisotopic (exact) mass is 472 g/mol. The lowest BCUT2D eigenvalue weighted by Crippen LogP contribution is -2.10. The fraction of sp³-hybridized carbons (Fsp3) is 0.0714. The van der Waals surface area contributed by atoms with Crippen molar-refractivity contribution in [1.29, 1.82) is 0 Å². The first-order valence-electron chi connectivity index (χ1n) is 6.60. The maximum Gasteiger partial charge on any atom is 0.341 e. The summed E-state index contributed by atoms with van der Waals surface area (Å²) in [6.45, 7) is -0.460. The third kappa shape index (κ3) is 5.50. The van der Waals surface area contributed by atoms with Gasteiger partial charge in [-0.25, -0.2) is 9.78 Å². The maximum atomic E-state index is 10.6. The van der Waals surface area contributed by atoms with E-state index < -0.39 is 17.5 Å². The SMILES string of the molecule is O=C(O)COc1c(Br)cc(/C=N/Nc2ccc([N+](=O)[O-])cn2)cc1Br. The van der Waals surface area contributed by atoms with Crippen LogP contribution in [-0.4, -0.2) is 33.8 Å². The van der Waals surface area contributed by atoms with Gasteiger partial charge >= 0.3 is 5.97 Å². The van der Waals surface area contributed by atoms with Crippen molar-refractivity contribution >= 4 is 55.5 Å². The molecule has 1 aromatic carbocycles. The molecule has 0 aliphatic carbocycles. The maximum absolute atomic E-state index is 10.6. The van der Waals surface area contributed by atoms with E-state index in [0.717, 1.165) is 6.20 Å². The number of rotatable bonds is 7. The zero-order valence-electron chi connectivity index (χ0n) is 12.3. The van der Waals surface area contributed by atoms with Gasteiger partial charge in [-0.05, 0) is 55.6 Å². The van der Waals surface area contributed by atoms with Gasteiger partial charge in [0.25, 0.3) is 5.69 Å². The molecular formula is C14H10Br2N4O5. The molecule has 0 bridgehead atoms. The quantitative estimate of drug-likeness (QED) is 0.358. The molecule has 0 amide bonds. The third-order valence-corrected chi connectivity index (χ3v) is 3.89. The van der Waals surface area contributed by atoms with Crippen molar-refractivity contribution in [2.75, 3.05) is 12.0 Å². The number of benzene rings is 1. The topological polar surface area (TPSA) is 127 Å². The highest BCUT2D eigenvalue weighted by atomic mass is 79.9. The number of halogens is 2. The summed E-state index contributed by atoms with van der Waals surface area (Å²) in [5.74, 6) is -0.366. The molecule has 25 heavy (non-hydrogen) atoms. The van der Waals surface area contributed by atoms with E-state index in [1.54, 1.807) is 12.1 Å². The largest absolute Gasteiger partial charge is 0.480 e. The van der Waals surface area contributed by atoms with Crippen LogP contribution in [0.2, 0.25) is 0 Å². The summed E-state index contributed by atoms with van der Waals surface area (Å²) in [5, 5.41) is 23.2. The number of carbonyl (C=O) groups is 1. The zero-order valence-corrected chi connectivity index (χ0v) is 15.5. The first-order valence-corrected chi connectivity index (χ1v) is 8.18. The number of carboxylic acid groups (broad SMARTS) is 1. The normalized spacial score (nSPS) is 10.6. The Morgan fingerprint density at radius 2 is 2.08 bits per heavy atom. The van der Waals surface area contributed by atoms with Crippen LogP contribution >= 0.6 is 31.9 Å². The van der Waals surface area contributed by atoms with E-state index in [1.165, 1.54) is 18.3 Å². The number of pyridine rings is 1. The van der Waals surface area contributed by atoms with Gasteiger partial charge in [0.05, 0.1) is 20.1 Å². The van der Waals surface area contributed by atoms with E-state index >= 15 is 0 Å². The summed E-state index contributed by atoms with van der Waals surface area (Å²) >= 11 is 6.60. The Morgan fingerprint density at radius 1 is 1.40 bits per heavy atom. The van der Waals surface area contributed by atoms with Crippen LogP contribution in [0.1, 0.15) is 5.56 Å². The molecule has 130 valence electrons. The molecule has 0 saturated heterocycles. The molecule has 9 nitrogen and oxygen atoms in total. The Labute approximate surface area is 158 Å². The Kier molecular flexibility index (Phi) is 6.42. The Morgan fingerprint density at radius 3 is 2.60 bits per heavy atom. The Hall–Kier alpha value is -2.53. The van der Waals surface area contributed by atoms with Gasteiger partial charge in [-0.2, -0.15) is 5.10 Å². The number of aliphatic carboxylic acids is 1. The second-order valence-corrected chi connectivity index (χ2v) is 6.23. The number of nitrogens with zero attached hydrogens (tertiary/aromatic N) is 3. The molecule has 2 N–H and O–H groups in total. The fourth-order valence-corrected chi connectivity index (χ4v) is 3.11. The van der Waals surface area contributed by atoms with Gasteiger partial charge < -0.3 is 9.84 Å². The Balaban J connectivity index is 2.05. The minimum absolute atomic E-state index is 0.112. The highest BCUT2D eigenvalue weighted by molar-refractivity contribution is 9.11. The van der Waals surface area contributed by atoms with Crippen molar-refractivity contribution in [3.8, 4) is 5.75 Å². The summed E-state index contributed by atoms with van der Waals surface area (Å²) in [4.78, 5) is 24.4. The van der Waals surface area contributed by atoms with E-state index in [9.17, 15) is 14.9 Å². The number of carboxylic acids is 1. The molecule has 0 spiro atoms. The van der Waals surface area contributed by atoms with Crippen LogP contribution in [0.3, 0.4) is 0 Å². The number of hydrazone groups is 1.